The average Bonchev–Trinajstić information content (AvgIpc) is 3.40. The summed E-state index contributed by atoms with van der Waals surface area (Å²) in [4.78, 5) is 4.61. The summed E-state index contributed by atoms with van der Waals surface area (Å²) in [6.45, 7) is 6.51. The van der Waals surface area contributed by atoms with Gasteiger partial charge in [0.25, 0.3) is 0 Å². The molecule has 1 saturated heterocycles. The summed E-state index contributed by atoms with van der Waals surface area (Å²) >= 11 is 12.2. The maximum atomic E-state index is 12.0. The van der Waals surface area contributed by atoms with E-state index in [-0.39, 0.29) is 27.4 Å². The number of benzene rings is 1. The van der Waals surface area contributed by atoms with Gasteiger partial charge in [0, 0.05) is 35.1 Å². The summed E-state index contributed by atoms with van der Waals surface area (Å²) in [5.41, 5.74) is 1.19. The Bertz CT molecular complexity index is 1110. The Balaban J connectivity index is 1.21. The van der Waals surface area contributed by atoms with Crippen LogP contribution in [0, 0.1) is 28.6 Å². The Morgan fingerprint density at radius 2 is 1.81 bits per heavy atom. The minimum Gasteiger partial charge on any atom is -0.506 e. The molecular weight excluding hydrogens is 497 g/mol. The normalized spacial score (nSPS) is 41.2. The zero-order valence-electron chi connectivity index (χ0n) is 21.2. The molecule has 0 bridgehead atoms. The number of phenolic OH excluding ortho intramolecular Hbond substituents is 1. The van der Waals surface area contributed by atoms with Gasteiger partial charge in [-0.3, -0.25) is 4.99 Å². The highest BCUT2D eigenvalue weighted by Gasteiger charge is 2.64. The third-order valence-electron chi connectivity index (χ3n) is 10.9. The molecular formula is C29H37Cl2NO4. The molecule has 0 unspecified atom stereocenters. The molecule has 6 atom stereocenters. The lowest BCUT2D eigenvalue weighted by molar-refractivity contribution is -0.187. The summed E-state index contributed by atoms with van der Waals surface area (Å²) in [6.07, 6.45) is 12.1. The smallest absolute Gasteiger partial charge is 0.172 e. The van der Waals surface area contributed by atoms with Gasteiger partial charge in [-0.05, 0) is 73.8 Å². The summed E-state index contributed by atoms with van der Waals surface area (Å²) < 4.78 is 12.1. The van der Waals surface area contributed by atoms with Gasteiger partial charge < -0.3 is 19.7 Å². The fourth-order valence-corrected chi connectivity index (χ4v) is 9.21. The summed E-state index contributed by atoms with van der Waals surface area (Å²) in [7, 11) is 0. The second kappa shape index (κ2) is 8.71. The molecule has 5 nitrogen and oxygen atoms in total. The number of nitrogens with zero attached hydrogens (tertiary/aromatic N) is 1. The van der Waals surface area contributed by atoms with Gasteiger partial charge in [0.15, 0.2) is 5.79 Å². The van der Waals surface area contributed by atoms with Crippen molar-refractivity contribution in [2.24, 2.45) is 33.6 Å². The highest BCUT2D eigenvalue weighted by Crippen LogP contribution is 2.68. The van der Waals surface area contributed by atoms with Crippen LogP contribution in [0.25, 0.3) is 0 Å². The molecule has 6 rings (SSSR count). The molecule has 4 aliphatic carbocycles. The molecule has 0 amide bonds. The molecule has 196 valence electrons. The van der Waals surface area contributed by atoms with E-state index in [1.807, 2.05) is 0 Å². The molecule has 0 radical (unpaired) electrons. The van der Waals surface area contributed by atoms with Crippen LogP contribution < -0.4 is 0 Å². The lowest BCUT2D eigenvalue weighted by Gasteiger charge is -2.59. The van der Waals surface area contributed by atoms with Gasteiger partial charge in [0.2, 0.25) is 0 Å². The van der Waals surface area contributed by atoms with Crippen LogP contribution in [-0.2, 0) is 9.47 Å². The van der Waals surface area contributed by atoms with E-state index in [1.165, 1.54) is 6.07 Å². The largest absolute Gasteiger partial charge is 0.506 e. The van der Waals surface area contributed by atoms with Crippen LogP contribution >= 0.6 is 23.2 Å². The number of phenols is 1. The third kappa shape index (κ3) is 3.71. The molecule has 1 spiro atoms. The number of hydrogen-bond donors (Lipinski definition) is 2. The summed E-state index contributed by atoms with van der Waals surface area (Å²) in [5.74, 6) is 1.30. The molecule has 1 aromatic rings. The van der Waals surface area contributed by atoms with Crippen LogP contribution in [0.15, 0.2) is 28.8 Å². The van der Waals surface area contributed by atoms with Crippen LogP contribution in [-0.4, -0.2) is 47.6 Å². The van der Waals surface area contributed by atoms with Gasteiger partial charge in [-0.2, -0.15) is 0 Å². The first-order chi connectivity index (χ1) is 17.1. The number of fused-ring (bicyclic) bond motifs is 5. The summed E-state index contributed by atoms with van der Waals surface area (Å²) in [5, 5.41) is 22.9. The average molecular weight is 535 g/mol. The monoisotopic (exact) mass is 533 g/mol. The van der Waals surface area contributed by atoms with Crippen molar-refractivity contribution < 1.29 is 19.7 Å². The predicted molar refractivity (Wildman–Crippen MR) is 142 cm³/mol. The Kier molecular flexibility index (Phi) is 6.09. The highest BCUT2D eigenvalue weighted by atomic mass is 35.5. The van der Waals surface area contributed by atoms with Crippen molar-refractivity contribution in [3.8, 4) is 5.75 Å². The van der Waals surface area contributed by atoms with Gasteiger partial charge in [0.05, 0.1) is 30.4 Å². The van der Waals surface area contributed by atoms with Crippen LogP contribution in [0.5, 0.6) is 5.75 Å². The zero-order chi connectivity index (χ0) is 25.3. The lowest BCUT2D eigenvalue weighted by atomic mass is 9.46. The van der Waals surface area contributed by atoms with Gasteiger partial charge in [0.1, 0.15) is 5.75 Å². The second-order valence-corrected chi connectivity index (χ2v) is 13.2. The van der Waals surface area contributed by atoms with Crippen molar-refractivity contribution >= 4 is 29.4 Å². The minimum absolute atomic E-state index is 0.0338. The Morgan fingerprint density at radius 3 is 2.58 bits per heavy atom. The number of rotatable bonds is 3. The topological polar surface area (TPSA) is 71.3 Å². The third-order valence-corrected chi connectivity index (χ3v) is 11.4. The molecule has 7 heteroatoms. The predicted octanol–water partition coefficient (Wildman–Crippen LogP) is 6.55. The molecule has 1 aliphatic heterocycles. The Morgan fingerprint density at radius 1 is 1.06 bits per heavy atom. The number of halogens is 2. The number of aliphatic hydroxyl groups is 1. The first-order valence-electron chi connectivity index (χ1n) is 13.5. The van der Waals surface area contributed by atoms with Crippen molar-refractivity contribution in [2.45, 2.75) is 76.6 Å². The van der Waals surface area contributed by atoms with Crippen molar-refractivity contribution in [1.29, 1.82) is 0 Å². The van der Waals surface area contributed by atoms with Gasteiger partial charge >= 0.3 is 0 Å². The van der Waals surface area contributed by atoms with Crippen molar-refractivity contribution in [2.75, 3.05) is 19.8 Å². The van der Waals surface area contributed by atoms with Gasteiger partial charge in [-0.1, -0.05) is 48.7 Å². The molecule has 2 N–H and O–H groups in total. The van der Waals surface area contributed by atoms with E-state index in [0.717, 1.165) is 51.4 Å². The maximum absolute atomic E-state index is 12.0. The van der Waals surface area contributed by atoms with Crippen molar-refractivity contribution in [3.05, 3.63) is 39.4 Å². The Labute approximate surface area is 223 Å². The van der Waals surface area contributed by atoms with Crippen LogP contribution in [0.4, 0.5) is 0 Å². The molecule has 1 heterocycles. The molecule has 3 saturated carbocycles. The van der Waals surface area contributed by atoms with E-state index in [4.69, 9.17) is 32.7 Å². The van der Waals surface area contributed by atoms with Crippen LogP contribution in [0.2, 0.25) is 10.0 Å². The second-order valence-electron chi connectivity index (χ2n) is 12.4. The molecule has 0 aromatic heterocycles. The first-order valence-corrected chi connectivity index (χ1v) is 14.2. The van der Waals surface area contributed by atoms with Crippen molar-refractivity contribution in [3.63, 3.8) is 0 Å². The first kappa shape index (κ1) is 25.2. The van der Waals surface area contributed by atoms with Crippen LogP contribution in [0.1, 0.15) is 70.8 Å². The van der Waals surface area contributed by atoms with Gasteiger partial charge in [-0.25, -0.2) is 0 Å². The van der Waals surface area contributed by atoms with Crippen molar-refractivity contribution in [1.82, 2.24) is 0 Å². The fraction of sp³-hybridized carbons (Fsp3) is 0.690. The maximum Gasteiger partial charge on any atom is 0.172 e. The zero-order valence-corrected chi connectivity index (χ0v) is 22.7. The molecule has 4 fully saturated rings. The fourth-order valence-electron chi connectivity index (χ4n) is 8.70. The number of ether oxygens (including phenoxy) is 2. The minimum atomic E-state index is -0.857. The van der Waals surface area contributed by atoms with E-state index in [0.29, 0.717) is 48.1 Å². The highest BCUT2D eigenvalue weighted by molar-refractivity contribution is 6.36. The quantitative estimate of drug-likeness (QED) is 0.341. The molecule has 1 aromatic carbocycles. The molecule has 5 aliphatic rings. The summed E-state index contributed by atoms with van der Waals surface area (Å²) in [6, 6.07) is 3.15. The van der Waals surface area contributed by atoms with Crippen LogP contribution in [0.3, 0.4) is 0 Å². The van der Waals surface area contributed by atoms with E-state index >= 15 is 0 Å². The number of hydrogen-bond acceptors (Lipinski definition) is 5. The molecule has 36 heavy (non-hydrogen) atoms. The lowest BCUT2D eigenvalue weighted by Crippen LogP contribution is -2.56. The number of aromatic hydroxyl groups is 1. The number of aliphatic imine (C=N–C) groups is 1. The number of allylic oxidation sites excluding steroid dienone is 1. The SMILES string of the molecule is C[C@]12CCC3(CC1=CC[C@H]1[C@H]4CC[C@@](O)(CN=Cc5cc(Cl)cc(Cl)c5O)[C@]4(C)CC[C@@H]12)OCCO3. The van der Waals surface area contributed by atoms with E-state index < -0.39 is 5.60 Å². The van der Waals surface area contributed by atoms with E-state index in [9.17, 15) is 10.2 Å². The van der Waals surface area contributed by atoms with E-state index in [1.54, 1.807) is 17.9 Å². The Hall–Kier alpha value is -1.11. The van der Waals surface area contributed by atoms with E-state index in [2.05, 4.69) is 24.9 Å². The van der Waals surface area contributed by atoms with Gasteiger partial charge in [-0.15, -0.1) is 0 Å². The standard InChI is InChI=1S/C29H37Cl2NO4/c1-26-9-10-29(35-11-12-36-29)15-19(26)3-4-21-22(26)5-7-27(2)23(21)6-8-28(27,34)17-32-16-18-13-20(30)14-24(31)25(18)33/h3,13-14,16,21-23,33-34H,4-12,15,17H2,1-2H3/t21-,22+,23-,26+,27-,28-/m1/s1.